The van der Waals surface area contributed by atoms with Gasteiger partial charge in [-0.1, -0.05) is 104 Å². The summed E-state index contributed by atoms with van der Waals surface area (Å²) in [5.74, 6) is 0.0751. The van der Waals surface area contributed by atoms with Gasteiger partial charge in [-0.3, -0.25) is 9.69 Å². The van der Waals surface area contributed by atoms with Crippen LogP contribution in [0.1, 0.15) is 54.8 Å². The molecule has 0 heterocycles. The highest BCUT2D eigenvalue weighted by atomic mass is 35.5. The van der Waals surface area contributed by atoms with Crippen molar-refractivity contribution in [1.82, 2.24) is 10.2 Å². The maximum absolute atomic E-state index is 13.7. The van der Waals surface area contributed by atoms with Crippen molar-refractivity contribution in [3.63, 3.8) is 0 Å². The van der Waals surface area contributed by atoms with Crippen molar-refractivity contribution < 1.29 is 4.79 Å². The molecule has 4 heteroatoms. The Morgan fingerprint density at radius 3 is 1.88 bits per heavy atom. The van der Waals surface area contributed by atoms with Crippen LogP contribution < -0.4 is 5.32 Å². The van der Waals surface area contributed by atoms with Crippen LogP contribution in [0.2, 0.25) is 5.02 Å². The number of halogens is 1. The zero-order valence-electron chi connectivity index (χ0n) is 18.4. The fourth-order valence-electron chi connectivity index (χ4n) is 4.57. The van der Waals surface area contributed by atoms with Gasteiger partial charge in [-0.15, -0.1) is 0 Å². The van der Waals surface area contributed by atoms with Crippen LogP contribution >= 0.6 is 11.6 Å². The van der Waals surface area contributed by atoms with Crippen LogP contribution in [0.3, 0.4) is 0 Å². The first-order valence-corrected chi connectivity index (χ1v) is 11.9. The second-order valence-electron chi connectivity index (χ2n) is 8.67. The predicted molar refractivity (Wildman–Crippen MR) is 131 cm³/mol. The minimum absolute atomic E-state index is 0.0751. The van der Waals surface area contributed by atoms with Gasteiger partial charge in [0.1, 0.15) is 6.04 Å². The largest absolute Gasteiger partial charge is 0.352 e. The van der Waals surface area contributed by atoms with E-state index < -0.39 is 6.04 Å². The number of amides is 1. The molecule has 0 aromatic heterocycles. The lowest BCUT2D eigenvalue weighted by Gasteiger charge is -2.33. The normalized spacial score (nSPS) is 15.4. The summed E-state index contributed by atoms with van der Waals surface area (Å²) in [4.78, 5) is 16.0. The van der Waals surface area contributed by atoms with E-state index in [1.807, 2.05) is 36.4 Å². The molecule has 1 amide bonds. The molecule has 0 radical (unpaired) electrons. The summed E-state index contributed by atoms with van der Waals surface area (Å²) in [5.41, 5.74) is 3.34. The molecule has 0 saturated heterocycles. The van der Waals surface area contributed by atoms with E-state index in [1.54, 1.807) is 0 Å². The molecule has 1 unspecified atom stereocenters. The summed E-state index contributed by atoms with van der Waals surface area (Å²) >= 11 is 6.18. The highest BCUT2D eigenvalue weighted by Gasteiger charge is 2.30. The topological polar surface area (TPSA) is 32.3 Å². The van der Waals surface area contributed by atoms with Gasteiger partial charge in [-0.05, 0) is 41.7 Å². The Balaban J connectivity index is 1.66. The van der Waals surface area contributed by atoms with Crippen LogP contribution in [0.15, 0.2) is 84.9 Å². The number of carbonyl (C=O) groups is 1. The average Bonchev–Trinajstić information content (AvgIpc) is 2.82. The Hall–Kier alpha value is -2.62. The van der Waals surface area contributed by atoms with Crippen molar-refractivity contribution in [3.8, 4) is 0 Å². The van der Waals surface area contributed by atoms with Gasteiger partial charge in [0.2, 0.25) is 5.91 Å². The van der Waals surface area contributed by atoms with Gasteiger partial charge in [0, 0.05) is 24.2 Å². The molecule has 4 rings (SSSR count). The lowest BCUT2D eigenvalue weighted by atomic mass is 9.94. The molecule has 3 aromatic carbocycles. The maximum Gasteiger partial charge on any atom is 0.242 e. The first kappa shape index (κ1) is 22.6. The van der Waals surface area contributed by atoms with Crippen LogP contribution in [-0.4, -0.2) is 16.8 Å². The van der Waals surface area contributed by atoms with Gasteiger partial charge in [0.15, 0.2) is 0 Å². The Bertz CT molecular complexity index is 928. The molecule has 0 spiro atoms. The molecule has 1 N–H and O–H groups in total. The van der Waals surface area contributed by atoms with E-state index >= 15 is 0 Å². The third kappa shape index (κ3) is 6.21. The highest BCUT2D eigenvalue weighted by molar-refractivity contribution is 6.30. The Morgan fingerprint density at radius 1 is 0.812 bits per heavy atom. The predicted octanol–water partition coefficient (Wildman–Crippen LogP) is 6.53. The SMILES string of the molecule is O=C(NC1CCCCC1)C(c1ccc(Cl)cc1)N(Cc1ccccc1)Cc1ccccc1. The molecule has 32 heavy (non-hydrogen) atoms. The summed E-state index contributed by atoms with van der Waals surface area (Å²) in [6, 6.07) is 28.3. The molecule has 1 atom stereocenters. The Morgan fingerprint density at radius 2 is 1.34 bits per heavy atom. The lowest BCUT2D eigenvalue weighted by Crippen LogP contribution is -2.44. The zero-order valence-corrected chi connectivity index (χ0v) is 19.2. The van der Waals surface area contributed by atoms with Gasteiger partial charge in [-0.25, -0.2) is 0 Å². The summed E-state index contributed by atoms with van der Waals surface area (Å²) in [6.07, 6.45) is 5.77. The molecule has 1 fully saturated rings. The minimum Gasteiger partial charge on any atom is -0.352 e. The number of hydrogen-bond donors (Lipinski definition) is 1. The van der Waals surface area contributed by atoms with Crippen molar-refractivity contribution in [2.24, 2.45) is 0 Å². The number of nitrogens with one attached hydrogen (secondary N) is 1. The minimum atomic E-state index is -0.394. The smallest absolute Gasteiger partial charge is 0.242 e. The lowest BCUT2D eigenvalue weighted by molar-refractivity contribution is -0.128. The van der Waals surface area contributed by atoms with E-state index in [9.17, 15) is 4.79 Å². The van der Waals surface area contributed by atoms with E-state index in [1.165, 1.54) is 30.4 Å². The number of hydrogen-bond acceptors (Lipinski definition) is 2. The first-order chi connectivity index (χ1) is 15.7. The van der Waals surface area contributed by atoms with Crippen molar-refractivity contribution in [2.45, 2.75) is 57.3 Å². The van der Waals surface area contributed by atoms with Crippen LogP contribution in [0.25, 0.3) is 0 Å². The third-order valence-electron chi connectivity index (χ3n) is 6.21. The van der Waals surface area contributed by atoms with Crippen molar-refractivity contribution in [1.29, 1.82) is 0 Å². The monoisotopic (exact) mass is 446 g/mol. The van der Waals surface area contributed by atoms with E-state index in [2.05, 4.69) is 58.7 Å². The fourth-order valence-corrected chi connectivity index (χ4v) is 4.70. The zero-order chi connectivity index (χ0) is 22.2. The van der Waals surface area contributed by atoms with E-state index in [0.29, 0.717) is 18.1 Å². The van der Waals surface area contributed by atoms with E-state index in [0.717, 1.165) is 18.4 Å². The first-order valence-electron chi connectivity index (χ1n) is 11.6. The van der Waals surface area contributed by atoms with E-state index in [-0.39, 0.29) is 11.9 Å². The Labute approximate surface area is 196 Å². The third-order valence-corrected chi connectivity index (χ3v) is 6.46. The van der Waals surface area contributed by atoms with Crippen LogP contribution in [0.5, 0.6) is 0 Å². The maximum atomic E-state index is 13.7. The second-order valence-corrected chi connectivity index (χ2v) is 9.11. The van der Waals surface area contributed by atoms with E-state index in [4.69, 9.17) is 11.6 Å². The van der Waals surface area contributed by atoms with Gasteiger partial charge in [0.05, 0.1) is 0 Å². The Kier molecular flexibility index (Phi) is 7.97. The number of rotatable bonds is 8. The quantitative estimate of drug-likeness (QED) is 0.426. The fraction of sp³-hybridized carbons (Fsp3) is 0.321. The summed E-state index contributed by atoms with van der Waals surface area (Å²) in [5, 5.41) is 4.05. The standard InChI is InChI=1S/C28H31ClN2O/c29-25-18-16-24(17-19-25)27(28(32)30-26-14-8-3-9-15-26)31(20-22-10-4-1-5-11-22)21-23-12-6-2-7-13-23/h1-2,4-7,10-13,16-19,26-27H,3,8-9,14-15,20-21H2,(H,30,32). The second kappa shape index (κ2) is 11.3. The molecule has 0 aliphatic heterocycles. The van der Waals surface area contributed by atoms with Gasteiger partial charge < -0.3 is 5.32 Å². The van der Waals surface area contributed by atoms with Crippen LogP contribution in [0, 0.1) is 0 Å². The number of nitrogens with zero attached hydrogens (tertiary/aromatic N) is 1. The molecule has 1 aliphatic rings. The van der Waals surface area contributed by atoms with Crippen LogP contribution in [-0.2, 0) is 17.9 Å². The highest BCUT2D eigenvalue weighted by Crippen LogP contribution is 2.28. The molecule has 3 nitrogen and oxygen atoms in total. The van der Waals surface area contributed by atoms with Gasteiger partial charge in [0.25, 0.3) is 0 Å². The summed E-state index contributed by atoms with van der Waals surface area (Å²) in [7, 11) is 0. The van der Waals surface area contributed by atoms with Crippen LogP contribution in [0.4, 0.5) is 0 Å². The van der Waals surface area contributed by atoms with Gasteiger partial charge >= 0.3 is 0 Å². The number of carbonyl (C=O) groups excluding carboxylic acids is 1. The van der Waals surface area contributed by atoms with Crippen molar-refractivity contribution in [2.75, 3.05) is 0 Å². The molecule has 166 valence electrons. The van der Waals surface area contributed by atoms with Gasteiger partial charge in [-0.2, -0.15) is 0 Å². The summed E-state index contributed by atoms with van der Waals surface area (Å²) < 4.78 is 0. The summed E-state index contributed by atoms with van der Waals surface area (Å²) in [6.45, 7) is 1.36. The molecular formula is C28H31ClN2O. The molecule has 1 saturated carbocycles. The molecule has 0 bridgehead atoms. The van der Waals surface area contributed by atoms with Crippen molar-refractivity contribution >= 4 is 17.5 Å². The number of benzene rings is 3. The molecule has 1 aliphatic carbocycles. The molecule has 3 aromatic rings. The average molecular weight is 447 g/mol. The van der Waals surface area contributed by atoms with Crippen molar-refractivity contribution in [3.05, 3.63) is 107 Å². The molecular weight excluding hydrogens is 416 g/mol.